The van der Waals surface area contributed by atoms with Crippen molar-refractivity contribution in [1.82, 2.24) is 4.31 Å². The molecule has 0 saturated heterocycles. The molecule has 0 aromatic carbocycles. The highest BCUT2D eigenvalue weighted by Gasteiger charge is 2.17. The molecule has 0 aliphatic heterocycles. The molecular weight excluding hydrogens is 154 g/mol. The first-order valence-electron chi connectivity index (χ1n) is 2.90. The van der Waals surface area contributed by atoms with Crippen molar-refractivity contribution in [3.63, 3.8) is 0 Å². The SMILES string of the molecule is CN(C)SC(C)(C)CCl. The molecule has 0 aromatic heterocycles. The van der Waals surface area contributed by atoms with E-state index in [9.17, 15) is 0 Å². The first kappa shape index (κ1) is 9.60. The van der Waals surface area contributed by atoms with Crippen molar-refractivity contribution < 1.29 is 0 Å². The van der Waals surface area contributed by atoms with Gasteiger partial charge in [0.05, 0.1) is 0 Å². The number of halogens is 1. The van der Waals surface area contributed by atoms with Crippen molar-refractivity contribution in [1.29, 1.82) is 0 Å². The van der Waals surface area contributed by atoms with Gasteiger partial charge in [0.15, 0.2) is 0 Å². The van der Waals surface area contributed by atoms with Crippen molar-refractivity contribution in [2.45, 2.75) is 18.6 Å². The fraction of sp³-hybridized carbons (Fsp3) is 1.00. The minimum absolute atomic E-state index is 0.172. The lowest BCUT2D eigenvalue weighted by atomic mass is 10.2. The van der Waals surface area contributed by atoms with Gasteiger partial charge in [-0.25, -0.2) is 0 Å². The summed E-state index contributed by atoms with van der Waals surface area (Å²) in [5.74, 6) is 0.690. The van der Waals surface area contributed by atoms with E-state index in [0.717, 1.165) is 0 Å². The number of alkyl halides is 1. The van der Waals surface area contributed by atoms with Gasteiger partial charge >= 0.3 is 0 Å². The third-order valence-corrected chi connectivity index (χ3v) is 2.58. The Morgan fingerprint density at radius 2 is 1.89 bits per heavy atom. The topological polar surface area (TPSA) is 3.24 Å². The lowest BCUT2D eigenvalue weighted by Crippen LogP contribution is -2.22. The molecule has 0 aromatic rings. The van der Waals surface area contributed by atoms with Crippen LogP contribution < -0.4 is 0 Å². The molecule has 0 fully saturated rings. The fourth-order valence-electron chi connectivity index (χ4n) is 0.519. The van der Waals surface area contributed by atoms with Crippen molar-refractivity contribution >= 4 is 23.5 Å². The van der Waals surface area contributed by atoms with Crippen molar-refractivity contribution in [3.8, 4) is 0 Å². The summed E-state index contributed by atoms with van der Waals surface area (Å²) in [6.07, 6.45) is 0. The molecule has 0 heterocycles. The Bertz CT molecular complexity index is 83.1. The summed E-state index contributed by atoms with van der Waals surface area (Å²) in [6.45, 7) is 4.26. The Labute approximate surface area is 66.9 Å². The quantitative estimate of drug-likeness (QED) is 0.469. The maximum absolute atomic E-state index is 5.69. The largest absolute Gasteiger partial charge is 0.256 e. The van der Waals surface area contributed by atoms with E-state index < -0.39 is 0 Å². The second-order valence-electron chi connectivity index (χ2n) is 2.80. The number of rotatable bonds is 3. The average Bonchev–Trinajstić information content (AvgIpc) is 1.63. The third kappa shape index (κ3) is 5.07. The smallest absolute Gasteiger partial charge is 0.0385 e. The molecule has 0 saturated carbocycles. The summed E-state index contributed by atoms with van der Waals surface area (Å²) in [6, 6.07) is 0. The molecule has 0 radical (unpaired) electrons. The Hall–Kier alpha value is 0.600. The first-order chi connectivity index (χ1) is 3.98. The molecule has 0 bridgehead atoms. The van der Waals surface area contributed by atoms with Crippen LogP contribution in [-0.4, -0.2) is 29.0 Å². The fourth-order valence-corrected chi connectivity index (χ4v) is 1.70. The maximum Gasteiger partial charge on any atom is 0.0385 e. The van der Waals surface area contributed by atoms with Crippen LogP contribution >= 0.6 is 23.5 Å². The third-order valence-electron chi connectivity index (χ3n) is 0.752. The van der Waals surface area contributed by atoms with Crippen LogP contribution in [0.5, 0.6) is 0 Å². The Morgan fingerprint density at radius 1 is 1.44 bits per heavy atom. The van der Waals surface area contributed by atoms with Crippen LogP contribution in [0.1, 0.15) is 13.8 Å². The van der Waals surface area contributed by atoms with Crippen LogP contribution in [0.15, 0.2) is 0 Å². The molecule has 0 atom stereocenters. The lowest BCUT2D eigenvalue weighted by molar-refractivity contribution is 0.668. The minimum atomic E-state index is 0.172. The molecule has 0 unspecified atom stereocenters. The van der Waals surface area contributed by atoms with Crippen LogP contribution in [-0.2, 0) is 0 Å². The van der Waals surface area contributed by atoms with E-state index in [1.807, 2.05) is 14.1 Å². The van der Waals surface area contributed by atoms with E-state index in [4.69, 9.17) is 11.6 Å². The van der Waals surface area contributed by atoms with Gasteiger partial charge in [0.1, 0.15) is 0 Å². The van der Waals surface area contributed by atoms with Gasteiger partial charge in [-0.3, -0.25) is 4.31 Å². The van der Waals surface area contributed by atoms with Crippen molar-refractivity contribution in [2.24, 2.45) is 0 Å². The van der Waals surface area contributed by atoms with Crippen LogP contribution in [0.4, 0.5) is 0 Å². The zero-order valence-electron chi connectivity index (χ0n) is 6.44. The van der Waals surface area contributed by atoms with Gasteiger partial charge in [0.2, 0.25) is 0 Å². The van der Waals surface area contributed by atoms with Gasteiger partial charge in [-0.05, 0) is 27.9 Å². The highest BCUT2D eigenvalue weighted by molar-refractivity contribution is 7.98. The Morgan fingerprint density at radius 3 is 2.00 bits per heavy atom. The highest BCUT2D eigenvalue weighted by Crippen LogP contribution is 2.26. The van der Waals surface area contributed by atoms with E-state index in [1.165, 1.54) is 0 Å². The number of hydrogen-bond donors (Lipinski definition) is 0. The van der Waals surface area contributed by atoms with Gasteiger partial charge in [-0.15, -0.1) is 11.6 Å². The second-order valence-corrected chi connectivity index (χ2v) is 5.08. The highest BCUT2D eigenvalue weighted by atomic mass is 35.5. The molecule has 3 heteroatoms. The molecule has 1 nitrogen and oxygen atoms in total. The molecule has 0 aliphatic rings. The van der Waals surface area contributed by atoms with Gasteiger partial charge in [-0.2, -0.15) is 0 Å². The van der Waals surface area contributed by atoms with E-state index in [2.05, 4.69) is 18.2 Å². The molecular formula is C6H14ClNS. The van der Waals surface area contributed by atoms with Gasteiger partial charge in [0.25, 0.3) is 0 Å². The maximum atomic E-state index is 5.69. The number of hydrogen-bond acceptors (Lipinski definition) is 2. The van der Waals surface area contributed by atoms with E-state index in [-0.39, 0.29) is 4.75 Å². The Balaban J connectivity index is 3.58. The average molecular weight is 168 g/mol. The lowest BCUT2D eigenvalue weighted by Gasteiger charge is -2.23. The predicted molar refractivity (Wildman–Crippen MR) is 46.1 cm³/mol. The van der Waals surface area contributed by atoms with Gasteiger partial charge < -0.3 is 0 Å². The minimum Gasteiger partial charge on any atom is -0.256 e. The molecule has 0 rings (SSSR count). The van der Waals surface area contributed by atoms with Crippen molar-refractivity contribution in [2.75, 3.05) is 20.0 Å². The summed E-state index contributed by atoms with van der Waals surface area (Å²) >= 11 is 7.45. The van der Waals surface area contributed by atoms with Crippen LogP contribution in [0.3, 0.4) is 0 Å². The normalized spacial score (nSPS) is 12.7. The van der Waals surface area contributed by atoms with E-state index in [0.29, 0.717) is 5.88 Å². The van der Waals surface area contributed by atoms with E-state index >= 15 is 0 Å². The predicted octanol–water partition coefficient (Wildman–Crippen LogP) is 2.21. The van der Waals surface area contributed by atoms with E-state index in [1.54, 1.807) is 11.9 Å². The Kier molecular flexibility index (Phi) is 3.94. The standard InChI is InChI=1S/C6H14ClNS/c1-6(2,5-7)9-8(3)4/h5H2,1-4H3. The second kappa shape index (κ2) is 3.69. The van der Waals surface area contributed by atoms with Crippen molar-refractivity contribution in [3.05, 3.63) is 0 Å². The van der Waals surface area contributed by atoms with Crippen LogP contribution in [0.25, 0.3) is 0 Å². The van der Waals surface area contributed by atoms with Gasteiger partial charge in [0, 0.05) is 10.6 Å². The summed E-state index contributed by atoms with van der Waals surface area (Å²) in [5.41, 5.74) is 0. The van der Waals surface area contributed by atoms with Crippen LogP contribution in [0.2, 0.25) is 0 Å². The summed E-state index contributed by atoms with van der Waals surface area (Å²) < 4.78 is 2.24. The molecule has 9 heavy (non-hydrogen) atoms. The molecule has 56 valence electrons. The zero-order chi connectivity index (χ0) is 7.49. The molecule has 0 spiro atoms. The molecule has 0 amide bonds. The number of nitrogens with zero attached hydrogens (tertiary/aromatic N) is 1. The first-order valence-corrected chi connectivity index (χ1v) is 4.21. The summed E-state index contributed by atoms with van der Waals surface area (Å²) in [5, 5.41) is 0. The summed E-state index contributed by atoms with van der Waals surface area (Å²) in [7, 11) is 4.05. The summed E-state index contributed by atoms with van der Waals surface area (Å²) in [4.78, 5) is 0. The van der Waals surface area contributed by atoms with Crippen LogP contribution in [0, 0.1) is 0 Å². The molecule has 0 aliphatic carbocycles. The zero-order valence-corrected chi connectivity index (χ0v) is 8.01. The molecule has 0 N–H and O–H groups in total. The monoisotopic (exact) mass is 167 g/mol. The van der Waals surface area contributed by atoms with Gasteiger partial charge in [-0.1, -0.05) is 11.9 Å².